The summed E-state index contributed by atoms with van der Waals surface area (Å²) in [6, 6.07) is 1.52. The Bertz CT molecular complexity index is 1840. The van der Waals surface area contributed by atoms with Crippen molar-refractivity contribution in [3.63, 3.8) is 0 Å². The summed E-state index contributed by atoms with van der Waals surface area (Å²) in [5, 5.41) is 48.6. The Morgan fingerprint density at radius 1 is 1.07 bits per heavy atom. The van der Waals surface area contributed by atoms with Crippen molar-refractivity contribution >= 4 is 46.8 Å². The van der Waals surface area contributed by atoms with Crippen LogP contribution < -0.4 is 16.8 Å². The average Bonchev–Trinajstić information content (AvgIpc) is 3.64. The number of hydrogen-bond acceptors (Lipinski definition) is 17. The van der Waals surface area contributed by atoms with Crippen molar-refractivity contribution < 1.29 is 19.4 Å². The van der Waals surface area contributed by atoms with E-state index < -0.39 is 18.4 Å². The Morgan fingerprint density at radius 2 is 1.66 bits per heavy atom. The van der Waals surface area contributed by atoms with E-state index in [4.69, 9.17) is 26.7 Å². The van der Waals surface area contributed by atoms with Gasteiger partial charge in [0.05, 0.1) is 30.3 Å². The summed E-state index contributed by atoms with van der Waals surface area (Å²) in [7, 11) is 4.33. The second kappa shape index (κ2) is 12.8. The first-order valence-electron chi connectivity index (χ1n) is 12.6. The standard InChI is InChI=1S/C24H28N16O4/c1-11-18(32-34-22(28-3)13(7-25)15(42)9-41)20(26)39(36-11)16-6-17(30-10-29-16)40-21(27)19(12(2)37-40)33-35-23-14(24(43)44-5)8-31-38(23)4/h6-8,10,25,28,41H,9,26-27H2,1-5H3/b22-13-,25-7?,34-32?,35-33?. The fraction of sp³-hybridized carbons (Fsp3) is 0.250. The number of ketones is 1. The third-order valence-corrected chi connectivity index (χ3v) is 6.09. The molecule has 0 atom stereocenters. The van der Waals surface area contributed by atoms with E-state index in [9.17, 15) is 9.59 Å². The highest BCUT2D eigenvalue weighted by Crippen LogP contribution is 2.32. The van der Waals surface area contributed by atoms with Gasteiger partial charge in [0.15, 0.2) is 52.1 Å². The molecule has 4 aromatic rings. The van der Waals surface area contributed by atoms with Gasteiger partial charge in [0.1, 0.15) is 18.5 Å². The first-order valence-corrected chi connectivity index (χ1v) is 12.6. The monoisotopic (exact) mass is 604 g/mol. The van der Waals surface area contributed by atoms with Crippen LogP contribution in [0.3, 0.4) is 0 Å². The SMILES string of the molecule is CN/C(N=Nc1c(C)nn(-c2cc(-n3nc(C)c(N=Nc4c(C(=O)OC)cnn4C)c3N)ncn2)c1N)=C(\C=N)C(=O)CO. The fourth-order valence-electron chi connectivity index (χ4n) is 3.84. The minimum atomic E-state index is -0.800. The number of nitrogens with zero attached hydrogens (tertiary/aromatic N) is 12. The lowest BCUT2D eigenvalue weighted by Gasteiger charge is -2.07. The number of aromatic nitrogens is 8. The number of methoxy groups -OCH3 is 1. The Labute approximate surface area is 248 Å². The van der Waals surface area contributed by atoms with E-state index in [1.165, 1.54) is 46.8 Å². The van der Waals surface area contributed by atoms with Crippen LogP contribution in [0.2, 0.25) is 0 Å². The second-order valence-corrected chi connectivity index (χ2v) is 8.83. The molecule has 0 radical (unpaired) electrons. The number of carbonyl (C=O) groups is 2. The first kappa shape index (κ1) is 30.8. The zero-order valence-electron chi connectivity index (χ0n) is 24.2. The van der Waals surface area contributed by atoms with Gasteiger partial charge >= 0.3 is 5.97 Å². The van der Waals surface area contributed by atoms with E-state index in [1.807, 2.05) is 0 Å². The number of ether oxygens (including phenoxy) is 1. The Balaban J connectivity index is 1.69. The summed E-state index contributed by atoms with van der Waals surface area (Å²) in [4.78, 5) is 32.5. The van der Waals surface area contributed by atoms with Gasteiger partial charge in [-0.25, -0.2) is 19.4 Å². The maximum Gasteiger partial charge on any atom is 0.343 e. The van der Waals surface area contributed by atoms with E-state index >= 15 is 0 Å². The number of aliphatic hydroxyl groups excluding tert-OH is 1. The molecule has 4 heterocycles. The third-order valence-electron chi connectivity index (χ3n) is 6.09. The van der Waals surface area contributed by atoms with Crippen LogP contribution in [0.25, 0.3) is 11.6 Å². The van der Waals surface area contributed by atoms with Gasteiger partial charge in [0.25, 0.3) is 0 Å². The smallest absolute Gasteiger partial charge is 0.343 e. The number of nitrogens with one attached hydrogen (secondary N) is 2. The van der Waals surface area contributed by atoms with Crippen molar-refractivity contribution in [2.24, 2.45) is 27.5 Å². The third kappa shape index (κ3) is 5.76. The number of nitrogens with two attached hydrogens (primary N) is 2. The second-order valence-electron chi connectivity index (χ2n) is 8.83. The minimum Gasteiger partial charge on any atom is -0.465 e. The molecular formula is C24H28N16O4. The molecule has 0 aliphatic carbocycles. The molecule has 0 amide bonds. The number of hydrogen-bond donors (Lipinski definition) is 5. The van der Waals surface area contributed by atoms with Crippen LogP contribution in [-0.2, 0) is 16.6 Å². The van der Waals surface area contributed by atoms with Gasteiger partial charge < -0.3 is 32.0 Å². The lowest BCUT2D eigenvalue weighted by molar-refractivity contribution is -0.117. The zero-order valence-corrected chi connectivity index (χ0v) is 24.2. The van der Waals surface area contributed by atoms with Gasteiger partial charge in [-0.3, -0.25) is 4.79 Å². The van der Waals surface area contributed by atoms with Crippen LogP contribution in [0.15, 0.2) is 50.4 Å². The van der Waals surface area contributed by atoms with E-state index in [0.717, 1.165) is 6.21 Å². The molecule has 0 saturated heterocycles. The topological polar surface area (TPSA) is 280 Å². The molecule has 0 saturated carbocycles. The summed E-state index contributed by atoms with van der Waals surface area (Å²) < 4.78 is 8.76. The van der Waals surface area contributed by atoms with Gasteiger partial charge in [-0.1, -0.05) is 0 Å². The molecular weight excluding hydrogens is 576 g/mol. The molecule has 44 heavy (non-hydrogen) atoms. The van der Waals surface area contributed by atoms with Crippen molar-refractivity contribution in [2.75, 3.05) is 32.2 Å². The number of aryl methyl sites for hydroxylation is 3. The lowest BCUT2D eigenvalue weighted by atomic mass is 10.2. The van der Waals surface area contributed by atoms with Crippen molar-refractivity contribution in [1.82, 2.24) is 44.6 Å². The highest BCUT2D eigenvalue weighted by atomic mass is 16.5. The quantitative estimate of drug-likeness (QED) is 0.0700. The summed E-state index contributed by atoms with van der Waals surface area (Å²) >= 11 is 0. The first-order chi connectivity index (χ1) is 21.1. The number of esters is 1. The van der Waals surface area contributed by atoms with E-state index in [2.05, 4.69) is 51.0 Å². The number of nitrogen functional groups attached to an aromatic ring is 2. The molecule has 0 spiro atoms. The number of rotatable bonds is 11. The van der Waals surface area contributed by atoms with Gasteiger partial charge in [-0.15, -0.1) is 20.5 Å². The minimum absolute atomic E-state index is 0.0442. The maximum absolute atomic E-state index is 12.0. The molecule has 0 fully saturated rings. The molecule has 20 nitrogen and oxygen atoms in total. The summed E-state index contributed by atoms with van der Waals surface area (Å²) in [5.74, 6) is -0.555. The highest BCUT2D eigenvalue weighted by Gasteiger charge is 2.21. The Hall–Kier alpha value is -6.18. The normalized spacial score (nSPS) is 12.1. The largest absolute Gasteiger partial charge is 0.465 e. The maximum atomic E-state index is 12.0. The molecule has 0 unspecified atom stereocenters. The molecule has 7 N–H and O–H groups in total. The summed E-state index contributed by atoms with van der Waals surface area (Å²) in [6.45, 7) is 2.51. The number of azo groups is 2. The fourth-order valence-corrected chi connectivity index (χ4v) is 3.84. The van der Waals surface area contributed by atoms with Crippen molar-refractivity contribution in [1.29, 1.82) is 5.41 Å². The van der Waals surface area contributed by atoms with Crippen molar-refractivity contribution in [3.8, 4) is 11.6 Å². The number of carbonyl (C=O) groups excluding carboxylic acids is 2. The van der Waals surface area contributed by atoms with E-state index in [-0.39, 0.29) is 57.4 Å². The van der Waals surface area contributed by atoms with Crippen LogP contribution in [0.1, 0.15) is 21.7 Å². The number of Topliss-reactive ketones (excluding diaryl/α,β-unsaturated/α-hetero) is 1. The van der Waals surface area contributed by atoms with Crippen LogP contribution in [0.4, 0.5) is 28.8 Å². The van der Waals surface area contributed by atoms with Gasteiger partial charge in [0.2, 0.25) is 0 Å². The molecule has 228 valence electrons. The van der Waals surface area contributed by atoms with Gasteiger partial charge in [-0.2, -0.15) is 24.7 Å². The van der Waals surface area contributed by atoms with Crippen LogP contribution in [0, 0.1) is 19.3 Å². The number of anilines is 2. The van der Waals surface area contributed by atoms with Crippen LogP contribution in [0.5, 0.6) is 0 Å². The van der Waals surface area contributed by atoms with Crippen LogP contribution >= 0.6 is 0 Å². The Morgan fingerprint density at radius 3 is 2.18 bits per heavy atom. The molecule has 20 heteroatoms. The van der Waals surface area contributed by atoms with Gasteiger partial charge in [0, 0.05) is 26.4 Å². The molecule has 4 aromatic heterocycles. The van der Waals surface area contributed by atoms with Crippen molar-refractivity contribution in [3.05, 3.63) is 46.9 Å². The summed E-state index contributed by atoms with van der Waals surface area (Å²) in [5.41, 5.74) is 13.9. The molecule has 0 aliphatic heterocycles. The van der Waals surface area contributed by atoms with Crippen LogP contribution in [-0.4, -0.2) is 83.1 Å². The molecule has 0 aromatic carbocycles. The van der Waals surface area contributed by atoms with E-state index in [0.29, 0.717) is 11.4 Å². The molecule has 0 aliphatic rings. The predicted octanol–water partition coefficient (Wildman–Crippen LogP) is 1.29. The van der Waals surface area contributed by atoms with Gasteiger partial charge in [-0.05, 0) is 13.8 Å². The number of aliphatic hydroxyl groups is 1. The molecule has 0 bridgehead atoms. The van der Waals surface area contributed by atoms with Crippen molar-refractivity contribution in [2.45, 2.75) is 13.8 Å². The highest BCUT2D eigenvalue weighted by molar-refractivity contribution is 6.13. The lowest BCUT2D eigenvalue weighted by Crippen LogP contribution is -2.16. The average molecular weight is 605 g/mol. The zero-order chi connectivity index (χ0) is 32.1. The molecule has 4 rings (SSSR count). The van der Waals surface area contributed by atoms with E-state index in [1.54, 1.807) is 20.9 Å². The Kier molecular flexibility index (Phi) is 8.93. The summed E-state index contributed by atoms with van der Waals surface area (Å²) in [6.07, 6.45) is 3.34. The predicted molar refractivity (Wildman–Crippen MR) is 155 cm³/mol.